The summed E-state index contributed by atoms with van der Waals surface area (Å²) in [4.78, 5) is 38.1. The minimum Gasteiger partial charge on any atom is -0.495 e. The van der Waals surface area contributed by atoms with Crippen molar-refractivity contribution in [2.24, 2.45) is 0 Å². The van der Waals surface area contributed by atoms with E-state index < -0.39 is 22.9 Å². The third-order valence-corrected chi connectivity index (χ3v) is 4.11. The van der Waals surface area contributed by atoms with E-state index in [0.29, 0.717) is 10.9 Å². The van der Waals surface area contributed by atoms with Crippen LogP contribution >= 0.6 is 0 Å². The summed E-state index contributed by atoms with van der Waals surface area (Å²) in [5, 5.41) is 14.1. The number of aromatic nitrogens is 1. The number of methoxy groups -OCH3 is 1. The Bertz CT molecular complexity index is 1060. The summed E-state index contributed by atoms with van der Waals surface area (Å²) in [5.74, 6) is -1.06. The molecule has 0 saturated carbocycles. The first-order valence-electron chi connectivity index (χ1n) is 8.31. The second-order valence-electron chi connectivity index (χ2n) is 5.93. The standard InChI is InChI=1S/C19H17N3O6/c1-11(28-19(24)14-10-20-15-6-4-3-5-13(14)15)18(23)21-16-9-12(22(25)26)7-8-17(16)27-2/h3-11,20H,1-2H3,(H,21,23)/t11-/m0/s1. The SMILES string of the molecule is COc1ccc([N+](=O)[O-])cc1NC(=O)[C@H](C)OC(=O)c1c[nH]c2ccccc12. The number of non-ortho nitro benzene ring substituents is 1. The summed E-state index contributed by atoms with van der Waals surface area (Å²) in [6, 6.07) is 11.0. The van der Waals surface area contributed by atoms with E-state index in [1.54, 1.807) is 12.1 Å². The molecule has 2 N–H and O–H groups in total. The van der Waals surface area contributed by atoms with E-state index in [4.69, 9.17) is 9.47 Å². The molecule has 0 unspecified atom stereocenters. The number of nitro benzene ring substituents is 1. The molecule has 28 heavy (non-hydrogen) atoms. The van der Waals surface area contributed by atoms with Crippen LogP contribution in [0.15, 0.2) is 48.7 Å². The van der Waals surface area contributed by atoms with E-state index in [1.165, 1.54) is 38.4 Å². The number of ether oxygens (including phenoxy) is 2. The van der Waals surface area contributed by atoms with E-state index in [2.05, 4.69) is 10.3 Å². The smallest absolute Gasteiger partial charge is 0.341 e. The van der Waals surface area contributed by atoms with Gasteiger partial charge in [-0.25, -0.2) is 4.79 Å². The van der Waals surface area contributed by atoms with Gasteiger partial charge in [0, 0.05) is 29.2 Å². The summed E-state index contributed by atoms with van der Waals surface area (Å²) < 4.78 is 10.3. The van der Waals surface area contributed by atoms with E-state index in [0.717, 1.165) is 5.52 Å². The van der Waals surface area contributed by atoms with Gasteiger partial charge < -0.3 is 19.8 Å². The van der Waals surface area contributed by atoms with Crippen LogP contribution in [0.3, 0.4) is 0 Å². The number of esters is 1. The Kier molecular flexibility index (Phi) is 5.25. The van der Waals surface area contributed by atoms with Gasteiger partial charge in [-0.2, -0.15) is 0 Å². The molecule has 1 amide bonds. The van der Waals surface area contributed by atoms with Crippen LogP contribution in [0.2, 0.25) is 0 Å². The van der Waals surface area contributed by atoms with Crippen LogP contribution in [0, 0.1) is 10.1 Å². The number of hydrogen-bond acceptors (Lipinski definition) is 6. The number of nitrogens with one attached hydrogen (secondary N) is 2. The maximum atomic E-state index is 12.4. The molecule has 3 rings (SSSR count). The van der Waals surface area contributed by atoms with Gasteiger partial charge in [-0.15, -0.1) is 0 Å². The molecule has 0 aliphatic heterocycles. The minimum atomic E-state index is -1.13. The third kappa shape index (κ3) is 3.78. The summed E-state index contributed by atoms with van der Waals surface area (Å²) in [7, 11) is 1.37. The van der Waals surface area contributed by atoms with Crippen LogP contribution in [0.1, 0.15) is 17.3 Å². The first kappa shape index (κ1) is 18.9. The summed E-state index contributed by atoms with van der Waals surface area (Å²) >= 11 is 0. The predicted molar refractivity (Wildman–Crippen MR) is 101 cm³/mol. The zero-order chi connectivity index (χ0) is 20.3. The Morgan fingerprint density at radius 1 is 1.21 bits per heavy atom. The van der Waals surface area contributed by atoms with Crippen molar-refractivity contribution in [3.63, 3.8) is 0 Å². The summed E-state index contributed by atoms with van der Waals surface area (Å²) in [5.41, 5.74) is 0.979. The lowest BCUT2D eigenvalue weighted by molar-refractivity contribution is -0.384. The topological polar surface area (TPSA) is 124 Å². The van der Waals surface area contributed by atoms with Crippen LogP contribution in [-0.2, 0) is 9.53 Å². The highest BCUT2D eigenvalue weighted by Crippen LogP contribution is 2.29. The molecular weight excluding hydrogens is 366 g/mol. The molecule has 0 fully saturated rings. The molecule has 2 aromatic carbocycles. The normalized spacial score (nSPS) is 11.6. The van der Waals surface area contributed by atoms with Crippen LogP contribution in [0.5, 0.6) is 5.75 Å². The number of anilines is 1. The molecule has 1 heterocycles. The van der Waals surface area contributed by atoms with Crippen molar-refractivity contribution in [3.8, 4) is 5.75 Å². The van der Waals surface area contributed by atoms with Crippen molar-refractivity contribution in [1.29, 1.82) is 0 Å². The van der Waals surface area contributed by atoms with Crippen LogP contribution < -0.4 is 10.1 Å². The lowest BCUT2D eigenvalue weighted by Gasteiger charge is -2.15. The van der Waals surface area contributed by atoms with Gasteiger partial charge in [0.15, 0.2) is 6.10 Å². The van der Waals surface area contributed by atoms with Gasteiger partial charge in [0.1, 0.15) is 5.75 Å². The second-order valence-corrected chi connectivity index (χ2v) is 5.93. The second kappa shape index (κ2) is 7.78. The molecule has 0 saturated heterocycles. The molecule has 9 nitrogen and oxygen atoms in total. The molecule has 1 aromatic heterocycles. The number of para-hydroxylation sites is 1. The van der Waals surface area contributed by atoms with Crippen LogP contribution in [0.25, 0.3) is 10.9 Å². The Morgan fingerprint density at radius 2 is 1.96 bits per heavy atom. The Balaban J connectivity index is 1.74. The van der Waals surface area contributed by atoms with E-state index >= 15 is 0 Å². The highest BCUT2D eigenvalue weighted by molar-refractivity contribution is 6.05. The zero-order valence-electron chi connectivity index (χ0n) is 15.1. The lowest BCUT2D eigenvalue weighted by atomic mass is 10.2. The maximum Gasteiger partial charge on any atom is 0.341 e. The van der Waals surface area contributed by atoms with Crippen molar-refractivity contribution in [3.05, 3.63) is 64.3 Å². The van der Waals surface area contributed by atoms with Gasteiger partial charge in [0.05, 0.1) is 23.3 Å². The van der Waals surface area contributed by atoms with Gasteiger partial charge in [0.25, 0.3) is 11.6 Å². The van der Waals surface area contributed by atoms with E-state index in [9.17, 15) is 19.7 Å². The molecule has 0 aliphatic carbocycles. The van der Waals surface area contributed by atoms with Crippen molar-refractivity contribution in [1.82, 2.24) is 4.98 Å². The van der Waals surface area contributed by atoms with Gasteiger partial charge >= 0.3 is 5.97 Å². The lowest BCUT2D eigenvalue weighted by Crippen LogP contribution is -2.30. The molecule has 0 bridgehead atoms. The number of carbonyl (C=O) groups is 2. The number of benzene rings is 2. The first-order valence-corrected chi connectivity index (χ1v) is 8.31. The molecule has 9 heteroatoms. The van der Waals surface area contributed by atoms with Crippen LogP contribution in [0.4, 0.5) is 11.4 Å². The number of rotatable bonds is 6. The number of hydrogen-bond donors (Lipinski definition) is 2. The van der Waals surface area contributed by atoms with Crippen molar-refractivity contribution >= 4 is 34.2 Å². The monoisotopic (exact) mass is 383 g/mol. The largest absolute Gasteiger partial charge is 0.495 e. The molecular formula is C19H17N3O6. The maximum absolute atomic E-state index is 12.4. The fraction of sp³-hybridized carbons (Fsp3) is 0.158. The Labute approximate surface area is 159 Å². The molecule has 0 spiro atoms. The van der Waals surface area contributed by atoms with Crippen LogP contribution in [-0.4, -0.2) is 35.0 Å². The minimum absolute atomic E-state index is 0.108. The quantitative estimate of drug-likeness (QED) is 0.382. The average Bonchev–Trinajstić information content (AvgIpc) is 3.12. The number of amides is 1. The molecule has 3 aromatic rings. The summed E-state index contributed by atoms with van der Waals surface area (Å²) in [6.45, 7) is 1.41. The number of aromatic amines is 1. The highest BCUT2D eigenvalue weighted by Gasteiger charge is 2.23. The Hall–Kier alpha value is -3.88. The molecule has 144 valence electrons. The Morgan fingerprint density at radius 3 is 2.68 bits per heavy atom. The predicted octanol–water partition coefficient (Wildman–Crippen LogP) is 3.27. The van der Waals surface area contributed by atoms with E-state index in [1.807, 2.05) is 12.1 Å². The van der Waals surface area contributed by atoms with Gasteiger partial charge in [0.2, 0.25) is 0 Å². The summed E-state index contributed by atoms with van der Waals surface area (Å²) in [6.07, 6.45) is 0.381. The van der Waals surface area contributed by atoms with Crippen molar-refractivity contribution in [2.45, 2.75) is 13.0 Å². The highest BCUT2D eigenvalue weighted by atomic mass is 16.6. The number of nitro groups is 1. The number of carbonyl (C=O) groups excluding carboxylic acids is 2. The number of H-pyrrole nitrogens is 1. The van der Waals surface area contributed by atoms with Gasteiger partial charge in [-0.1, -0.05) is 18.2 Å². The fourth-order valence-corrected chi connectivity index (χ4v) is 2.66. The average molecular weight is 383 g/mol. The molecule has 1 atom stereocenters. The first-order chi connectivity index (χ1) is 13.4. The zero-order valence-corrected chi connectivity index (χ0v) is 15.1. The fourth-order valence-electron chi connectivity index (χ4n) is 2.66. The third-order valence-electron chi connectivity index (χ3n) is 4.11. The molecule has 0 radical (unpaired) electrons. The van der Waals surface area contributed by atoms with Crippen molar-refractivity contribution in [2.75, 3.05) is 12.4 Å². The van der Waals surface area contributed by atoms with Gasteiger partial charge in [-0.3, -0.25) is 14.9 Å². The van der Waals surface area contributed by atoms with E-state index in [-0.39, 0.29) is 17.1 Å². The molecule has 0 aliphatic rings. The van der Waals surface area contributed by atoms with Gasteiger partial charge in [-0.05, 0) is 19.1 Å². The van der Waals surface area contributed by atoms with Crippen molar-refractivity contribution < 1.29 is 24.0 Å². The number of fused-ring (bicyclic) bond motifs is 1. The number of nitrogens with zero attached hydrogens (tertiary/aromatic N) is 1.